The molecule has 1 atom stereocenters. The number of sulfonamides is 1. The third kappa shape index (κ3) is 4.24. The van der Waals surface area contributed by atoms with E-state index in [0.717, 1.165) is 0 Å². The van der Waals surface area contributed by atoms with E-state index in [1.807, 2.05) is 0 Å². The summed E-state index contributed by atoms with van der Waals surface area (Å²) in [6.07, 6.45) is 0. The van der Waals surface area contributed by atoms with Crippen LogP contribution < -0.4 is 15.6 Å². The highest BCUT2D eigenvalue weighted by Gasteiger charge is 2.27. The summed E-state index contributed by atoms with van der Waals surface area (Å²) in [4.78, 5) is 26.4. The Labute approximate surface area is 156 Å². The van der Waals surface area contributed by atoms with Gasteiger partial charge in [-0.15, -0.1) is 0 Å². The molecule has 0 bridgehead atoms. The molecular weight excluding hydrogens is 366 g/mol. The van der Waals surface area contributed by atoms with Gasteiger partial charge in [0.1, 0.15) is 6.04 Å². The first-order chi connectivity index (χ1) is 12.9. The second-order valence-corrected chi connectivity index (χ2v) is 7.65. The van der Waals surface area contributed by atoms with Crippen molar-refractivity contribution in [2.24, 2.45) is 0 Å². The number of rotatable bonds is 6. The zero-order chi connectivity index (χ0) is 19.4. The lowest BCUT2D eigenvalue weighted by atomic mass is 10.1. The summed E-state index contributed by atoms with van der Waals surface area (Å²) in [6, 6.07) is 14.8. The first-order valence-corrected chi connectivity index (χ1v) is 9.87. The Balaban J connectivity index is 1.98. The summed E-state index contributed by atoms with van der Waals surface area (Å²) in [6.45, 7) is 2.14. The fourth-order valence-electron chi connectivity index (χ4n) is 2.72. The molecule has 140 valence electrons. The Morgan fingerprint density at radius 3 is 2.52 bits per heavy atom. The molecule has 0 radical (unpaired) electrons. The van der Waals surface area contributed by atoms with E-state index in [1.165, 1.54) is 24.3 Å². The zero-order valence-electron chi connectivity index (χ0n) is 14.6. The molecule has 0 aliphatic carbocycles. The molecule has 1 aromatic heterocycles. The lowest BCUT2D eigenvalue weighted by Crippen LogP contribution is -2.40. The highest BCUT2D eigenvalue weighted by molar-refractivity contribution is 7.89. The number of hydrogen-bond acceptors (Lipinski definition) is 4. The van der Waals surface area contributed by atoms with Crippen molar-refractivity contribution in [3.05, 3.63) is 76.6 Å². The first kappa shape index (κ1) is 18.8. The zero-order valence-corrected chi connectivity index (χ0v) is 15.4. The van der Waals surface area contributed by atoms with Crippen LogP contribution in [0.1, 0.15) is 18.5 Å². The number of aromatic amines is 1. The van der Waals surface area contributed by atoms with Crippen molar-refractivity contribution in [2.75, 3.05) is 6.54 Å². The lowest BCUT2D eigenvalue weighted by molar-refractivity contribution is -0.122. The van der Waals surface area contributed by atoms with Crippen molar-refractivity contribution < 1.29 is 13.2 Å². The van der Waals surface area contributed by atoms with Gasteiger partial charge in [-0.05, 0) is 42.1 Å². The van der Waals surface area contributed by atoms with Gasteiger partial charge in [0.2, 0.25) is 21.5 Å². The van der Waals surface area contributed by atoms with E-state index in [9.17, 15) is 18.0 Å². The van der Waals surface area contributed by atoms with E-state index in [4.69, 9.17) is 0 Å². The lowest BCUT2D eigenvalue weighted by Gasteiger charge is -2.18. The summed E-state index contributed by atoms with van der Waals surface area (Å²) in [5, 5.41) is 3.22. The molecule has 2 aromatic carbocycles. The molecule has 1 unspecified atom stereocenters. The monoisotopic (exact) mass is 385 g/mol. The Morgan fingerprint density at radius 1 is 1.07 bits per heavy atom. The van der Waals surface area contributed by atoms with Crippen molar-refractivity contribution in [3.63, 3.8) is 0 Å². The number of amides is 1. The fraction of sp³-hybridized carbons (Fsp3) is 0.158. The predicted octanol–water partition coefficient (Wildman–Crippen LogP) is 1.68. The normalized spacial score (nSPS) is 12.6. The van der Waals surface area contributed by atoms with Crippen LogP contribution in [0.15, 0.2) is 70.4 Å². The van der Waals surface area contributed by atoms with Gasteiger partial charge in [-0.2, -0.15) is 4.72 Å². The number of hydrogen-bond donors (Lipinski definition) is 3. The second kappa shape index (κ2) is 7.73. The number of nitrogens with one attached hydrogen (secondary N) is 3. The molecule has 3 N–H and O–H groups in total. The molecule has 8 heteroatoms. The van der Waals surface area contributed by atoms with E-state index in [2.05, 4.69) is 15.0 Å². The minimum Gasteiger partial charge on any atom is -0.355 e. The van der Waals surface area contributed by atoms with Crippen LogP contribution >= 0.6 is 0 Å². The Bertz CT molecular complexity index is 1120. The van der Waals surface area contributed by atoms with Crippen molar-refractivity contribution >= 4 is 26.8 Å². The molecule has 27 heavy (non-hydrogen) atoms. The van der Waals surface area contributed by atoms with E-state index >= 15 is 0 Å². The average molecular weight is 385 g/mol. The van der Waals surface area contributed by atoms with E-state index in [1.54, 1.807) is 43.3 Å². The summed E-state index contributed by atoms with van der Waals surface area (Å²) in [5.74, 6) is -0.433. The molecule has 0 fully saturated rings. The molecule has 0 aliphatic heterocycles. The number of aromatic nitrogens is 1. The predicted molar refractivity (Wildman–Crippen MR) is 103 cm³/mol. The maximum atomic E-state index is 12.9. The maximum absolute atomic E-state index is 12.9. The topological polar surface area (TPSA) is 108 Å². The summed E-state index contributed by atoms with van der Waals surface area (Å²) < 4.78 is 28.2. The number of likely N-dealkylation sites (N-methyl/N-ethyl adjacent to an activating group) is 1. The minimum atomic E-state index is -3.98. The largest absolute Gasteiger partial charge is 0.355 e. The van der Waals surface area contributed by atoms with Gasteiger partial charge in [-0.3, -0.25) is 9.59 Å². The van der Waals surface area contributed by atoms with Crippen LogP contribution in [0.5, 0.6) is 0 Å². The van der Waals surface area contributed by atoms with E-state index < -0.39 is 22.0 Å². The summed E-state index contributed by atoms with van der Waals surface area (Å²) in [7, 11) is -3.98. The van der Waals surface area contributed by atoms with Gasteiger partial charge in [0.25, 0.3) is 0 Å². The van der Waals surface area contributed by atoms with Crippen LogP contribution in [-0.4, -0.2) is 25.9 Å². The second-order valence-electron chi connectivity index (χ2n) is 5.93. The minimum absolute atomic E-state index is 0.00674. The van der Waals surface area contributed by atoms with Crippen LogP contribution in [0.2, 0.25) is 0 Å². The standard InChI is InChI=1S/C19H19N3O4S/c1-2-20-19(24)18(13-6-4-3-5-7-13)22-27(25,26)15-9-10-16-14(12-15)8-11-17(23)21-16/h3-12,18,22H,2H2,1H3,(H,20,24)(H,21,23). The van der Waals surface area contributed by atoms with Gasteiger partial charge < -0.3 is 10.3 Å². The Hall–Kier alpha value is -2.97. The quantitative estimate of drug-likeness (QED) is 0.600. The molecule has 3 aromatic rings. The number of pyridine rings is 1. The van der Waals surface area contributed by atoms with Crippen molar-refractivity contribution in [1.82, 2.24) is 15.0 Å². The van der Waals surface area contributed by atoms with Crippen LogP contribution in [0, 0.1) is 0 Å². The molecule has 0 aliphatic rings. The number of H-pyrrole nitrogens is 1. The molecular formula is C19H19N3O4S. The summed E-state index contributed by atoms with van der Waals surface area (Å²) in [5.41, 5.74) is 0.804. The molecule has 3 rings (SSSR count). The Morgan fingerprint density at radius 2 is 1.81 bits per heavy atom. The Kier molecular flexibility index (Phi) is 5.38. The molecule has 0 saturated heterocycles. The fourth-order valence-corrected chi connectivity index (χ4v) is 3.94. The van der Waals surface area contributed by atoms with Gasteiger partial charge in [-0.25, -0.2) is 8.42 Å². The maximum Gasteiger partial charge on any atom is 0.248 e. The van der Waals surface area contributed by atoms with Gasteiger partial charge in [-0.1, -0.05) is 30.3 Å². The van der Waals surface area contributed by atoms with E-state index in [-0.39, 0.29) is 10.5 Å². The molecule has 1 amide bonds. The smallest absolute Gasteiger partial charge is 0.248 e. The summed E-state index contributed by atoms with van der Waals surface area (Å²) >= 11 is 0. The van der Waals surface area contributed by atoms with Crippen molar-refractivity contribution in [1.29, 1.82) is 0 Å². The highest BCUT2D eigenvalue weighted by atomic mass is 32.2. The van der Waals surface area contributed by atoms with Crippen LogP contribution in [-0.2, 0) is 14.8 Å². The molecule has 1 heterocycles. The number of benzene rings is 2. The van der Waals surface area contributed by atoms with Gasteiger partial charge >= 0.3 is 0 Å². The number of fused-ring (bicyclic) bond motifs is 1. The SMILES string of the molecule is CCNC(=O)C(NS(=O)(=O)c1ccc2[nH]c(=O)ccc2c1)c1ccccc1. The highest BCUT2D eigenvalue weighted by Crippen LogP contribution is 2.20. The van der Waals surface area contributed by atoms with Crippen LogP contribution in [0.4, 0.5) is 0 Å². The van der Waals surface area contributed by atoms with Gasteiger partial charge in [0.05, 0.1) is 4.90 Å². The van der Waals surface area contributed by atoms with Gasteiger partial charge in [0.15, 0.2) is 0 Å². The van der Waals surface area contributed by atoms with Crippen LogP contribution in [0.25, 0.3) is 10.9 Å². The third-order valence-corrected chi connectivity index (χ3v) is 5.45. The molecule has 0 spiro atoms. The van der Waals surface area contributed by atoms with Crippen molar-refractivity contribution in [3.8, 4) is 0 Å². The van der Waals surface area contributed by atoms with E-state index in [0.29, 0.717) is 23.0 Å². The first-order valence-electron chi connectivity index (χ1n) is 8.39. The molecule has 0 saturated carbocycles. The average Bonchev–Trinajstić information content (AvgIpc) is 2.66. The number of carbonyl (C=O) groups excluding carboxylic acids is 1. The third-order valence-electron chi connectivity index (χ3n) is 4.02. The number of carbonyl (C=O) groups is 1. The van der Waals surface area contributed by atoms with Gasteiger partial charge in [0, 0.05) is 18.1 Å². The molecule has 7 nitrogen and oxygen atoms in total. The van der Waals surface area contributed by atoms with Crippen LogP contribution in [0.3, 0.4) is 0 Å². The van der Waals surface area contributed by atoms with Crippen molar-refractivity contribution in [2.45, 2.75) is 17.9 Å².